The summed E-state index contributed by atoms with van der Waals surface area (Å²) in [6.07, 6.45) is 19.3. The quantitative estimate of drug-likeness (QED) is 0.138. The van der Waals surface area contributed by atoms with Gasteiger partial charge in [-0.15, -0.1) is 0 Å². The van der Waals surface area contributed by atoms with E-state index in [-0.39, 0.29) is 52.6 Å². The van der Waals surface area contributed by atoms with Crippen LogP contribution in [-0.2, 0) is 0 Å². The maximum absolute atomic E-state index is 8.08. The second-order valence-electron chi connectivity index (χ2n) is 31.5. The van der Waals surface area contributed by atoms with Crippen LogP contribution in [-0.4, -0.2) is 118 Å². The van der Waals surface area contributed by atoms with Crippen molar-refractivity contribution in [3.05, 3.63) is 294 Å². The summed E-state index contributed by atoms with van der Waals surface area (Å²) in [4.78, 5) is 54.4. The molecule has 5 aromatic carbocycles. The van der Waals surface area contributed by atoms with Gasteiger partial charge >= 0.3 is 27.9 Å². The maximum Gasteiger partial charge on any atom is 0.409 e. The first-order chi connectivity index (χ1) is 59.2. The molecular weight excluding hydrogens is 1480 g/mol. The fourth-order valence-electron chi connectivity index (χ4n) is 19.6. The van der Waals surface area contributed by atoms with Crippen molar-refractivity contribution in [1.82, 2.24) is 29.9 Å². The molecule has 18 heterocycles. The molecule has 0 spiro atoms. The van der Waals surface area contributed by atoms with Crippen LogP contribution in [0.2, 0.25) is 0 Å². The van der Waals surface area contributed by atoms with E-state index < -0.39 is 6.98 Å². The molecule has 0 aliphatic carbocycles. The molecule has 15 aromatic rings. The van der Waals surface area contributed by atoms with Crippen LogP contribution in [0.1, 0.15) is 82.5 Å². The monoisotopic (exact) mass is 1570 g/mol. The van der Waals surface area contributed by atoms with Crippen molar-refractivity contribution in [3.63, 3.8) is 0 Å². The molecule has 0 N–H and O–H groups in total. The minimum Gasteiger partial charge on any atom is -0.436 e. The minimum atomic E-state index is -2.23. The molecule has 22 nitrogen and oxygen atoms in total. The summed E-state index contributed by atoms with van der Waals surface area (Å²) >= 11 is 0. The fourth-order valence-corrected chi connectivity index (χ4v) is 19.6. The molecule has 8 aliphatic rings. The number of benzene rings is 5. The normalized spacial score (nSPS) is 18.5. The maximum atomic E-state index is 8.08. The molecule has 26 heteroatoms. The number of anilines is 15. The van der Waals surface area contributed by atoms with Crippen LogP contribution in [0.25, 0.3) is 68.7 Å². The van der Waals surface area contributed by atoms with Crippen molar-refractivity contribution in [2.24, 2.45) is 0 Å². The van der Waals surface area contributed by atoms with Gasteiger partial charge in [0.15, 0.2) is 28.9 Å². The number of para-hydroxylation sites is 7. The minimum absolute atomic E-state index is 0.00543. The number of hydrogen-bond acceptors (Lipinski definition) is 22. The number of pyridine rings is 6. The van der Waals surface area contributed by atoms with Crippen molar-refractivity contribution in [1.29, 1.82) is 0 Å². The summed E-state index contributed by atoms with van der Waals surface area (Å²) in [6.45, 7) is 15.0. The Morgan fingerprint density at radius 1 is 0.286 bits per heavy atom. The Labute approximate surface area is 697 Å². The van der Waals surface area contributed by atoms with Gasteiger partial charge in [-0.2, -0.15) is 0 Å². The summed E-state index contributed by atoms with van der Waals surface area (Å²) in [5.74, 6) is 5.35. The Morgan fingerprint density at radius 3 is 0.983 bits per heavy atom. The number of aromatic nitrogens is 6. The molecule has 119 heavy (non-hydrogen) atoms. The average molecular weight is 1570 g/mol. The Hall–Kier alpha value is -14.0. The number of rotatable bonds is 7. The van der Waals surface area contributed by atoms with Gasteiger partial charge < -0.3 is 75.8 Å². The zero-order valence-electron chi connectivity index (χ0n) is 71.3. The highest BCUT2D eigenvalue weighted by Gasteiger charge is 2.51. The molecule has 4 atom stereocenters. The average Bonchev–Trinajstić information content (AvgIpc) is 1.58. The topological polar surface area (TPSA) is 169 Å². The fraction of sp³-hybridized carbons (Fsp3) is 0.183. The van der Waals surface area contributed by atoms with E-state index >= 15 is 0 Å². The van der Waals surface area contributed by atoms with Gasteiger partial charge in [-0.05, 0) is 241 Å². The Morgan fingerprint density at radius 2 is 0.571 bits per heavy atom. The molecule has 0 radical (unpaired) electrons. The lowest BCUT2D eigenvalue weighted by molar-refractivity contribution is 0.591. The second kappa shape index (κ2) is 29.3. The predicted molar refractivity (Wildman–Crippen MR) is 491 cm³/mol. The van der Waals surface area contributed by atoms with Crippen LogP contribution >= 0.6 is 0 Å². The van der Waals surface area contributed by atoms with Crippen LogP contribution in [0.3, 0.4) is 0 Å². The number of furan rings is 4. The second-order valence-corrected chi connectivity index (χ2v) is 31.5. The summed E-state index contributed by atoms with van der Waals surface area (Å²) in [5, 5.41) is 4.06. The lowest BCUT2D eigenvalue weighted by Gasteiger charge is -2.41. The van der Waals surface area contributed by atoms with Gasteiger partial charge in [-0.1, -0.05) is 101 Å². The SMILES string of the molecule is CC1=Cc2oc3ncccc3c2N(C)B1N1c2ccccc2N(c2ccccc2)[C@@H]1C.CC1=Cc2oc3ncccc3c2N(C)B1N1c2cccnc2N(c2ccccc2)[C@@H]1C.CC1=Cc2oc3ncccc3c2N(C)B1N1c2ncccc2N(c2ccccc2)[C@@H]1C.[2H]C([2H])([2H])N1c2ccccc2N(B2C(C)=Cc3oc4ncccc4c3N2C)[C@H]1C. The molecule has 0 fully saturated rings. The van der Waals surface area contributed by atoms with E-state index in [1.54, 1.807) is 24.8 Å². The summed E-state index contributed by atoms with van der Waals surface area (Å²) in [5.41, 5.74) is 21.4. The number of fused-ring (bicyclic) bond motifs is 16. The summed E-state index contributed by atoms with van der Waals surface area (Å²) in [6, 6.07) is 72.3. The van der Waals surface area contributed by atoms with Gasteiger partial charge in [0.1, 0.15) is 5.82 Å². The first-order valence-electron chi connectivity index (χ1n) is 41.9. The van der Waals surface area contributed by atoms with Crippen molar-refractivity contribution in [3.8, 4) is 0 Å². The summed E-state index contributed by atoms with van der Waals surface area (Å²) in [7, 11) is 8.44. The van der Waals surface area contributed by atoms with Gasteiger partial charge in [0, 0.05) is 65.3 Å². The van der Waals surface area contributed by atoms with Crippen molar-refractivity contribution in [2.45, 2.75) is 80.1 Å². The van der Waals surface area contributed by atoms with Crippen LogP contribution in [0, 0.1) is 0 Å². The van der Waals surface area contributed by atoms with Gasteiger partial charge in [-0.3, -0.25) is 0 Å². The van der Waals surface area contributed by atoms with E-state index in [0.29, 0.717) is 22.9 Å². The lowest BCUT2D eigenvalue weighted by Crippen LogP contribution is -2.58. The predicted octanol–water partition coefficient (Wildman–Crippen LogP) is 19.9. The first kappa shape index (κ1) is 70.4. The van der Waals surface area contributed by atoms with Gasteiger partial charge in [0.25, 0.3) is 0 Å². The molecule has 8 aliphatic heterocycles. The smallest absolute Gasteiger partial charge is 0.409 e. The number of hydrogen-bond donors (Lipinski definition) is 0. The third kappa shape index (κ3) is 11.9. The first-order valence-corrected chi connectivity index (χ1v) is 40.4. The summed E-state index contributed by atoms with van der Waals surface area (Å²) < 4.78 is 48.4. The van der Waals surface area contributed by atoms with Crippen molar-refractivity contribution >= 4 is 182 Å². The Kier molecular flexibility index (Phi) is 17.3. The van der Waals surface area contributed by atoms with E-state index in [1.807, 2.05) is 111 Å². The highest BCUT2D eigenvalue weighted by atomic mass is 16.4. The van der Waals surface area contributed by atoms with Crippen LogP contribution in [0.5, 0.6) is 0 Å². The molecule has 0 amide bonds. The van der Waals surface area contributed by atoms with Crippen LogP contribution in [0.15, 0.2) is 289 Å². The molecule has 0 saturated carbocycles. The van der Waals surface area contributed by atoms with Gasteiger partial charge in [-0.25, -0.2) is 29.9 Å². The highest BCUT2D eigenvalue weighted by molar-refractivity contribution is 6.78. The van der Waals surface area contributed by atoms with Gasteiger partial charge in [0.05, 0.1) is 103 Å². The van der Waals surface area contributed by atoms with Crippen LogP contribution < -0.4 is 58.1 Å². The third-order valence-electron chi connectivity index (χ3n) is 24.5. The molecular formula is C93H88B4N18O4. The van der Waals surface area contributed by atoms with Gasteiger partial charge in [0.2, 0.25) is 22.9 Å². The van der Waals surface area contributed by atoms with E-state index in [0.717, 1.165) is 119 Å². The molecule has 0 saturated heterocycles. The zero-order chi connectivity index (χ0) is 83.8. The van der Waals surface area contributed by atoms with E-state index in [2.05, 4.69) is 294 Å². The standard InChI is InChI=1S/C25H23BN4O.2C24H22BN5O.C20H21BN4O/c1-17-16-23-24(20-12-9-15-27-25(20)31-23)28(3)26(17)30-18(2)29(19-10-5-4-6-11-19)21-13-7-8-14-22(21)30;1-16-15-21-22(19-11-7-14-27-24(19)31-21)28(3)25(16)30-17(2)29(18-9-5-4-6-10-18)23-20(30)12-8-13-26-23;1-16-15-21-22(19-11-7-14-27-24(19)31-21)28(3)25(16)30-17(2)29(18-9-5-4-6-10-18)20-12-8-13-26-23(20)30;1-13-12-18-19(15-8-7-11-22-20(15)26-18)24(4)21(13)25-14(2)23(3)16-9-5-6-10-17(16)25/h4-16,18H,1-3H3;2*4-15,17H,1-3H3;5-12,14H,1-4H3/t18-;2*17-;14-/m0000/s1/i;;;3D3. The van der Waals surface area contributed by atoms with E-state index in [4.69, 9.17) is 31.7 Å². The largest absolute Gasteiger partial charge is 0.436 e. The Bertz CT molecular complexity index is 6200. The van der Waals surface area contributed by atoms with E-state index in [1.165, 1.54) is 38.4 Å². The number of nitrogens with zero attached hydrogens (tertiary/aromatic N) is 18. The highest BCUT2D eigenvalue weighted by Crippen LogP contribution is 2.53. The molecule has 23 rings (SSSR count). The molecule has 586 valence electrons. The molecule has 10 aromatic heterocycles. The Balaban J connectivity index is 0.000000104. The van der Waals surface area contributed by atoms with Crippen molar-refractivity contribution in [2.75, 3.05) is 93.3 Å². The third-order valence-corrected chi connectivity index (χ3v) is 24.5. The zero-order valence-corrected chi connectivity index (χ0v) is 68.3. The molecule has 0 bridgehead atoms. The number of allylic oxidation sites excluding steroid dienone is 4. The lowest BCUT2D eigenvalue weighted by atomic mass is 9.61. The van der Waals surface area contributed by atoms with Crippen LogP contribution in [0.4, 0.5) is 85.6 Å². The molecule has 0 unspecified atom stereocenters. The van der Waals surface area contributed by atoms with E-state index in [9.17, 15) is 0 Å². The van der Waals surface area contributed by atoms with Crippen molar-refractivity contribution < 1.29 is 21.8 Å².